The zero-order valence-electron chi connectivity index (χ0n) is 15.4. The van der Waals surface area contributed by atoms with Gasteiger partial charge in [0.2, 0.25) is 0 Å². The van der Waals surface area contributed by atoms with Crippen molar-refractivity contribution in [2.75, 3.05) is 5.32 Å². The normalized spacial score (nSPS) is 16.4. The van der Waals surface area contributed by atoms with Gasteiger partial charge in [-0.1, -0.05) is 58.1 Å². The van der Waals surface area contributed by atoms with Crippen LogP contribution in [0.5, 0.6) is 0 Å². The lowest BCUT2D eigenvalue weighted by atomic mass is 9.78. The second-order valence-electron chi connectivity index (χ2n) is 8.52. The zero-order valence-corrected chi connectivity index (χ0v) is 16.2. The summed E-state index contributed by atoms with van der Waals surface area (Å²) in [5.41, 5.74) is 2.57. The van der Waals surface area contributed by atoms with Crippen LogP contribution in [0.15, 0.2) is 24.3 Å². The first-order valence-electron chi connectivity index (χ1n) is 8.50. The third-order valence-corrected chi connectivity index (χ3v) is 5.52. The highest BCUT2D eigenvalue weighted by molar-refractivity contribution is 7.17. The number of hydrogen-bond acceptors (Lipinski definition) is 4. The fraction of sp³-hybridized carbons (Fsp3) is 0.450. The Hall–Kier alpha value is -2.01. The summed E-state index contributed by atoms with van der Waals surface area (Å²) >= 11 is 1.28. The minimum absolute atomic E-state index is 0.0521. The fourth-order valence-corrected chi connectivity index (χ4v) is 3.98. The van der Waals surface area contributed by atoms with Crippen LogP contribution in [0.4, 0.5) is 5.13 Å². The monoisotopic (exact) mass is 356 g/mol. The highest BCUT2D eigenvalue weighted by Gasteiger charge is 2.34. The highest BCUT2D eigenvalue weighted by atomic mass is 32.1. The molecule has 0 atom stereocenters. The molecule has 132 valence electrons. The molecule has 0 unspecified atom stereocenters. The lowest BCUT2D eigenvalue weighted by molar-refractivity contribution is 0.0915. The third-order valence-electron chi connectivity index (χ3n) is 4.47. The lowest BCUT2D eigenvalue weighted by Gasteiger charge is -2.26. The number of benzene rings is 1. The van der Waals surface area contributed by atoms with Crippen LogP contribution in [0.1, 0.15) is 72.3 Å². The maximum Gasteiger partial charge on any atom is 0.257 e. The Morgan fingerprint density at radius 1 is 1.16 bits per heavy atom. The Balaban J connectivity index is 1.77. The van der Waals surface area contributed by atoms with Crippen LogP contribution in [0.25, 0.3) is 0 Å². The molecule has 0 saturated carbocycles. The SMILES string of the molecule is CC1(C)CC(=O)c2sc(NC(=O)c3ccc(C(C)(C)C)cc3)nc2C1. The first kappa shape index (κ1) is 17.8. The third kappa shape index (κ3) is 3.82. The van der Waals surface area contributed by atoms with Crippen molar-refractivity contribution in [2.45, 2.75) is 52.9 Å². The maximum absolute atomic E-state index is 12.5. The second-order valence-corrected chi connectivity index (χ2v) is 9.52. The molecule has 1 aliphatic carbocycles. The molecule has 0 spiro atoms. The second kappa shape index (κ2) is 6.06. The van der Waals surface area contributed by atoms with Crippen LogP contribution < -0.4 is 5.32 Å². The number of amides is 1. The van der Waals surface area contributed by atoms with Gasteiger partial charge in [0.1, 0.15) is 0 Å². The Kier molecular flexibility index (Phi) is 4.31. The van der Waals surface area contributed by atoms with E-state index in [1.54, 1.807) is 0 Å². The lowest BCUT2D eigenvalue weighted by Crippen LogP contribution is -2.26. The molecule has 4 nitrogen and oxygen atoms in total. The van der Waals surface area contributed by atoms with E-state index >= 15 is 0 Å². The number of nitrogens with one attached hydrogen (secondary N) is 1. The van der Waals surface area contributed by atoms with Crippen molar-refractivity contribution in [3.05, 3.63) is 46.0 Å². The summed E-state index contributed by atoms with van der Waals surface area (Å²) in [6, 6.07) is 7.62. The molecule has 1 heterocycles. The van der Waals surface area contributed by atoms with Crippen molar-refractivity contribution < 1.29 is 9.59 Å². The Bertz CT molecular complexity index is 826. The molecule has 0 bridgehead atoms. The number of nitrogens with zero attached hydrogens (tertiary/aromatic N) is 1. The first-order chi connectivity index (χ1) is 11.5. The van der Waals surface area contributed by atoms with Gasteiger partial charge < -0.3 is 0 Å². The average molecular weight is 356 g/mol. The number of aromatic nitrogens is 1. The van der Waals surface area contributed by atoms with Gasteiger partial charge in [-0.3, -0.25) is 14.9 Å². The van der Waals surface area contributed by atoms with E-state index in [-0.39, 0.29) is 22.5 Å². The minimum atomic E-state index is -0.196. The number of thiazole rings is 1. The molecular weight excluding hydrogens is 332 g/mol. The molecule has 0 aliphatic heterocycles. The molecule has 2 aromatic rings. The predicted molar refractivity (Wildman–Crippen MR) is 102 cm³/mol. The quantitative estimate of drug-likeness (QED) is 0.837. The highest BCUT2D eigenvalue weighted by Crippen LogP contribution is 2.38. The molecular formula is C20H24N2O2S. The van der Waals surface area contributed by atoms with E-state index in [9.17, 15) is 9.59 Å². The van der Waals surface area contributed by atoms with Gasteiger partial charge in [-0.15, -0.1) is 0 Å². The standard InChI is InChI=1S/C20H24N2O2S/c1-19(2,3)13-8-6-12(7-9-13)17(24)22-18-21-14-10-20(4,5)11-15(23)16(14)25-18/h6-9H,10-11H2,1-5H3,(H,21,22,24). The molecule has 1 N–H and O–H groups in total. The summed E-state index contributed by atoms with van der Waals surface area (Å²) in [6.45, 7) is 10.6. The van der Waals surface area contributed by atoms with E-state index in [0.29, 0.717) is 22.0 Å². The smallest absolute Gasteiger partial charge is 0.257 e. The fourth-order valence-electron chi connectivity index (χ4n) is 3.06. The van der Waals surface area contributed by atoms with Crippen molar-refractivity contribution in [1.82, 2.24) is 4.98 Å². The Morgan fingerprint density at radius 3 is 2.40 bits per heavy atom. The first-order valence-corrected chi connectivity index (χ1v) is 9.32. The summed E-state index contributed by atoms with van der Waals surface area (Å²) < 4.78 is 0. The molecule has 0 fully saturated rings. The number of Topliss-reactive ketones (excluding diaryl/α,β-unsaturated/α-hetero) is 1. The van der Waals surface area contributed by atoms with E-state index in [2.05, 4.69) is 44.9 Å². The summed E-state index contributed by atoms with van der Waals surface area (Å²) in [5, 5.41) is 3.34. The van der Waals surface area contributed by atoms with Gasteiger partial charge in [-0.2, -0.15) is 0 Å². The van der Waals surface area contributed by atoms with Crippen LogP contribution in [0, 0.1) is 5.41 Å². The van der Waals surface area contributed by atoms with E-state index in [1.165, 1.54) is 16.9 Å². The van der Waals surface area contributed by atoms with Gasteiger partial charge in [-0.25, -0.2) is 4.98 Å². The van der Waals surface area contributed by atoms with Crippen LogP contribution >= 0.6 is 11.3 Å². The minimum Gasteiger partial charge on any atom is -0.298 e. The van der Waals surface area contributed by atoms with Crippen molar-refractivity contribution in [1.29, 1.82) is 0 Å². The van der Waals surface area contributed by atoms with Gasteiger partial charge in [0, 0.05) is 12.0 Å². The summed E-state index contributed by atoms with van der Waals surface area (Å²) in [4.78, 5) is 29.9. The van der Waals surface area contributed by atoms with Crippen LogP contribution in [0.2, 0.25) is 0 Å². The van der Waals surface area contributed by atoms with Gasteiger partial charge in [0.25, 0.3) is 5.91 Å². The van der Waals surface area contributed by atoms with Crippen LogP contribution in [-0.2, 0) is 11.8 Å². The summed E-state index contributed by atoms with van der Waals surface area (Å²) in [7, 11) is 0. The van der Waals surface area contributed by atoms with Gasteiger partial charge in [0.05, 0.1) is 10.6 Å². The number of anilines is 1. The maximum atomic E-state index is 12.5. The number of ketones is 1. The molecule has 5 heteroatoms. The molecule has 1 aromatic heterocycles. The number of carbonyl (C=O) groups is 2. The molecule has 3 rings (SSSR count). The van der Waals surface area contributed by atoms with Crippen molar-refractivity contribution in [2.24, 2.45) is 5.41 Å². The van der Waals surface area contributed by atoms with E-state index in [0.717, 1.165) is 12.1 Å². The van der Waals surface area contributed by atoms with Crippen molar-refractivity contribution in [3.63, 3.8) is 0 Å². The van der Waals surface area contributed by atoms with Gasteiger partial charge >= 0.3 is 0 Å². The number of hydrogen-bond donors (Lipinski definition) is 1. The summed E-state index contributed by atoms with van der Waals surface area (Å²) in [6.07, 6.45) is 1.30. The molecule has 1 aromatic carbocycles. The molecule has 1 amide bonds. The molecule has 0 radical (unpaired) electrons. The van der Waals surface area contributed by atoms with Crippen molar-refractivity contribution in [3.8, 4) is 0 Å². The average Bonchev–Trinajstić information content (AvgIpc) is 2.87. The number of fused-ring (bicyclic) bond motifs is 1. The molecule has 1 aliphatic rings. The summed E-state index contributed by atoms with van der Waals surface area (Å²) in [5.74, 6) is -0.0722. The van der Waals surface area contributed by atoms with Crippen LogP contribution in [-0.4, -0.2) is 16.7 Å². The zero-order chi connectivity index (χ0) is 18.4. The number of rotatable bonds is 2. The topological polar surface area (TPSA) is 59.1 Å². The van der Waals surface area contributed by atoms with Gasteiger partial charge in [-0.05, 0) is 34.9 Å². The number of carbonyl (C=O) groups excluding carboxylic acids is 2. The Labute approximate surface area is 152 Å². The van der Waals surface area contributed by atoms with Crippen molar-refractivity contribution >= 4 is 28.2 Å². The van der Waals surface area contributed by atoms with Crippen LogP contribution in [0.3, 0.4) is 0 Å². The van der Waals surface area contributed by atoms with E-state index < -0.39 is 0 Å². The van der Waals surface area contributed by atoms with E-state index in [4.69, 9.17) is 0 Å². The Morgan fingerprint density at radius 2 is 1.80 bits per heavy atom. The molecule has 0 saturated heterocycles. The largest absolute Gasteiger partial charge is 0.298 e. The predicted octanol–water partition coefficient (Wildman–Crippen LogP) is 4.85. The van der Waals surface area contributed by atoms with E-state index in [1.807, 2.05) is 24.3 Å². The van der Waals surface area contributed by atoms with Gasteiger partial charge in [0.15, 0.2) is 10.9 Å². The molecule has 25 heavy (non-hydrogen) atoms.